The van der Waals surface area contributed by atoms with E-state index in [1.807, 2.05) is 5.38 Å². The second kappa shape index (κ2) is 6.24. The minimum atomic E-state index is -0.645. The van der Waals surface area contributed by atoms with E-state index in [0.717, 1.165) is 5.69 Å². The van der Waals surface area contributed by atoms with Crippen LogP contribution in [0, 0.1) is 0 Å². The van der Waals surface area contributed by atoms with E-state index in [1.165, 1.54) is 30.2 Å². The number of thiazole rings is 1. The number of ether oxygens (including phenoxy) is 2. The molecule has 0 N–H and O–H groups in total. The molecular formula is C11H12N4O4S. The number of carbonyl (C=O) groups excluding carboxylic acids is 2. The minimum absolute atomic E-state index is 0.00753. The molecule has 2 aromatic rings. The van der Waals surface area contributed by atoms with Gasteiger partial charge >= 0.3 is 11.9 Å². The molecule has 0 aliphatic heterocycles. The molecule has 2 rings (SSSR count). The molecule has 106 valence electrons. The number of methoxy groups -OCH3 is 2. The molecule has 0 atom stereocenters. The van der Waals surface area contributed by atoms with Crippen molar-refractivity contribution in [2.45, 2.75) is 13.0 Å². The number of carbonyl (C=O) groups is 2. The molecule has 0 saturated heterocycles. The highest BCUT2D eigenvalue weighted by Gasteiger charge is 2.23. The van der Waals surface area contributed by atoms with Gasteiger partial charge in [-0.2, -0.15) is 0 Å². The molecule has 2 aromatic heterocycles. The fourth-order valence-corrected chi connectivity index (χ4v) is 2.12. The summed E-state index contributed by atoms with van der Waals surface area (Å²) in [5.74, 6) is -1.13. The van der Waals surface area contributed by atoms with Gasteiger partial charge in [0.1, 0.15) is 0 Å². The Morgan fingerprint density at radius 2 is 2.15 bits per heavy atom. The van der Waals surface area contributed by atoms with Crippen LogP contribution in [0.15, 0.2) is 10.9 Å². The number of esters is 2. The van der Waals surface area contributed by atoms with Crippen LogP contribution in [0.4, 0.5) is 0 Å². The summed E-state index contributed by atoms with van der Waals surface area (Å²) in [6.07, 6.45) is -0.113. The average Bonchev–Trinajstić information content (AvgIpc) is 3.09. The summed E-state index contributed by atoms with van der Waals surface area (Å²) < 4.78 is 10.7. The molecule has 0 aliphatic carbocycles. The highest BCUT2D eigenvalue weighted by molar-refractivity contribution is 7.07. The van der Waals surface area contributed by atoms with E-state index in [1.54, 1.807) is 5.51 Å². The van der Waals surface area contributed by atoms with Crippen LogP contribution in [-0.2, 0) is 27.2 Å². The average molecular weight is 296 g/mol. The minimum Gasteiger partial charge on any atom is -0.469 e. The van der Waals surface area contributed by atoms with Crippen molar-refractivity contribution in [1.82, 2.24) is 20.0 Å². The van der Waals surface area contributed by atoms with E-state index in [0.29, 0.717) is 12.2 Å². The number of aromatic nitrogens is 4. The monoisotopic (exact) mass is 296 g/mol. The topological polar surface area (TPSA) is 96.2 Å². The van der Waals surface area contributed by atoms with Crippen molar-refractivity contribution in [1.29, 1.82) is 0 Å². The fourth-order valence-electron chi connectivity index (χ4n) is 1.57. The van der Waals surface area contributed by atoms with Gasteiger partial charge in [-0.15, -0.1) is 16.4 Å². The molecule has 0 unspecified atom stereocenters. The van der Waals surface area contributed by atoms with Crippen LogP contribution in [0.3, 0.4) is 0 Å². The molecule has 0 aromatic carbocycles. The molecule has 0 fully saturated rings. The lowest BCUT2D eigenvalue weighted by Crippen LogP contribution is -2.15. The molecule has 20 heavy (non-hydrogen) atoms. The summed E-state index contributed by atoms with van der Waals surface area (Å²) in [6.45, 7) is 0.319. The standard InChI is InChI=1S/C11H12N4O4S/c1-18-9(16)3-8-10(11(17)19-2)13-14-15(8)4-7-5-20-6-12-7/h5-6H,3-4H2,1-2H3. The normalized spacial score (nSPS) is 10.3. The van der Waals surface area contributed by atoms with Gasteiger partial charge in [0, 0.05) is 5.38 Å². The number of nitrogens with zero attached hydrogens (tertiary/aromatic N) is 4. The van der Waals surface area contributed by atoms with Crippen LogP contribution in [0.25, 0.3) is 0 Å². The molecule has 0 radical (unpaired) electrons. The molecule has 0 aliphatic rings. The van der Waals surface area contributed by atoms with Crippen LogP contribution in [0.5, 0.6) is 0 Å². The molecule has 2 heterocycles. The molecule has 0 saturated carbocycles. The van der Waals surface area contributed by atoms with Crippen molar-refractivity contribution in [3.05, 3.63) is 28.0 Å². The first-order valence-electron chi connectivity index (χ1n) is 5.60. The lowest BCUT2D eigenvalue weighted by Gasteiger charge is -2.05. The zero-order chi connectivity index (χ0) is 14.5. The summed E-state index contributed by atoms with van der Waals surface area (Å²) >= 11 is 1.44. The molecule has 0 spiro atoms. The van der Waals surface area contributed by atoms with Gasteiger partial charge in [-0.1, -0.05) is 5.21 Å². The Hall–Kier alpha value is -2.29. The largest absolute Gasteiger partial charge is 0.469 e. The number of hydrogen-bond acceptors (Lipinski definition) is 8. The zero-order valence-electron chi connectivity index (χ0n) is 10.9. The van der Waals surface area contributed by atoms with Gasteiger partial charge in [0.05, 0.1) is 44.1 Å². The van der Waals surface area contributed by atoms with E-state index in [-0.39, 0.29) is 12.1 Å². The first kappa shape index (κ1) is 14.1. The lowest BCUT2D eigenvalue weighted by molar-refractivity contribution is -0.139. The summed E-state index contributed by atoms with van der Waals surface area (Å²) in [5, 5.41) is 9.48. The third-order valence-electron chi connectivity index (χ3n) is 2.55. The molecule has 0 amide bonds. The van der Waals surface area contributed by atoms with E-state index >= 15 is 0 Å². The first-order valence-corrected chi connectivity index (χ1v) is 6.54. The first-order chi connectivity index (χ1) is 9.65. The predicted octanol–water partition coefficient (Wildman–Crippen LogP) is 0.285. The van der Waals surface area contributed by atoms with Crippen LogP contribution in [0.2, 0.25) is 0 Å². The van der Waals surface area contributed by atoms with Gasteiger partial charge in [-0.05, 0) is 0 Å². The summed E-state index contributed by atoms with van der Waals surface area (Å²) in [5.41, 5.74) is 2.81. The van der Waals surface area contributed by atoms with Gasteiger partial charge in [0.2, 0.25) is 0 Å². The van der Waals surface area contributed by atoms with Crippen LogP contribution < -0.4 is 0 Å². The van der Waals surface area contributed by atoms with E-state index in [9.17, 15) is 9.59 Å². The molecule has 9 heteroatoms. The Kier molecular flexibility index (Phi) is 4.41. The van der Waals surface area contributed by atoms with Crippen molar-refractivity contribution < 1.29 is 19.1 Å². The van der Waals surface area contributed by atoms with E-state index < -0.39 is 11.9 Å². The second-order valence-electron chi connectivity index (χ2n) is 3.77. The Morgan fingerprint density at radius 1 is 1.35 bits per heavy atom. The second-order valence-corrected chi connectivity index (χ2v) is 4.49. The van der Waals surface area contributed by atoms with Crippen molar-refractivity contribution in [3.8, 4) is 0 Å². The SMILES string of the molecule is COC(=O)Cc1c(C(=O)OC)nnn1Cc1cscn1. The lowest BCUT2D eigenvalue weighted by atomic mass is 10.2. The molecular weight excluding hydrogens is 284 g/mol. The zero-order valence-corrected chi connectivity index (χ0v) is 11.7. The number of rotatable bonds is 5. The van der Waals surface area contributed by atoms with Crippen LogP contribution >= 0.6 is 11.3 Å². The smallest absolute Gasteiger partial charge is 0.360 e. The highest BCUT2D eigenvalue weighted by Crippen LogP contribution is 2.12. The third kappa shape index (κ3) is 2.99. The Bertz CT molecular complexity index is 608. The summed E-state index contributed by atoms with van der Waals surface area (Å²) in [6, 6.07) is 0. The summed E-state index contributed by atoms with van der Waals surface area (Å²) in [4.78, 5) is 27.2. The Labute approximate surface area is 118 Å². The maximum Gasteiger partial charge on any atom is 0.360 e. The predicted molar refractivity (Wildman–Crippen MR) is 68.3 cm³/mol. The third-order valence-corrected chi connectivity index (χ3v) is 3.19. The molecule has 0 bridgehead atoms. The Morgan fingerprint density at radius 3 is 2.75 bits per heavy atom. The van der Waals surface area contributed by atoms with Gasteiger partial charge in [-0.25, -0.2) is 14.5 Å². The van der Waals surface area contributed by atoms with Crippen molar-refractivity contribution >= 4 is 23.3 Å². The van der Waals surface area contributed by atoms with E-state index in [4.69, 9.17) is 0 Å². The van der Waals surface area contributed by atoms with Crippen molar-refractivity contribution in [3.63, 3.8) is 0 Å². The number of hydrogen-bond donors (Lipinski definition) is 0. The van der Waals surface area contributed by atoms with Crippen molar-refractivity contribution in [2.24, 2.45) is 0 Å². The van der Waals surface area contributed by atoms with Gasteiger partial charge < -0.3 is 9.47 Å². The van der Waals surface area contributed by atoms with Gasteiger partial charge in [0.15, 0.2) is 5.69 Å². The maximum absolute atomic E-state index is 11.6. The summed E-state index contributed by atoms with van der Waals surface area (Å²) in [7, 11) is 2.51. The van der Waals surface area contributed by atoms with Crippen LogP contribution in [0.1, 0.15) is 21.9 Å². The van der Waals surface area contributed by atoms with Crippen LogP contribution in [-0.4, -0.2) is 46.1 Å². The highest BCUT2D eigenvalue weighted by atomic mass is 32.1. The van der Waals surface area contributed by atoms with Gasteiger partial charge in [-0.3, -0.25) is 4.79 Å². The maximum atomic E-state index is 11.6. The van der Waals surface area contributed by atoms with E-state index in [2.05, 4.69) is 24.8 Å². The van der Waals surface area contributed by atoms with Gasteiger partial charge in [0.25, 0.3) is 0 Å². The fraction of sp³-hybridized carbons (Fsp3) is 0.364. The quantitative estimate of drug-likeness (QED) is 0.731. The molecule has 8 nitrogen and oxygen atoms in total. The van der Waals surface area contributed by atoms with Crippen molar-refractivity contribution in [2.75, 3.05) is 14.2 Å². The Balaban J connectivity index is 2.33.